The number of fused-ring (bicyclic) bond motifs is 1. The standard InChI is InChI=1S/C21H19NO6/c1-26-15-8-9-18(27-2)14(13-15)7-10-19(23)28-12-11-22-20(24)16-5-3-4-6-17(16)21(22)25/h3-10,13H,11-12H2,1-2H3/b10-7+. The molecule has 1 aliphatic rings. The molecule has 0 N–H and O–H groups in total. The lowest BCUT2D eigenvalue weighted by molar-refractivity contribution is -0.137. The maximum atomic E-state index is 12.2. The highest BCUT2D eigenvalue weighted by Crippen LogP contribution is 2.25. The number of nitrogens with zero attached hydrogens (tertiary/aromatic N) is 1. The zero-order valence-corrected chi connectivity index (χ0v) is 15.5. The number of amides is 2. The van der Waals surface area contributed by atoms with Gasteiger partial charge in [-0.05, 0) is 36.4 Å². The largest absolute Gasteiger partial charge is 0.497 e. The normalized spacial score (nSPS) is 13.0. The zero-order valence-electron chi connectivity index (χ0n) is 15.5. The van der Waals surface area contributed by atoms with Crippen molar-refractivity contribution in [1.29, 1.82) is 0 Å². The fourth-order valence-corrected chi connectivity index (χ4v) is 2.86. The Morgan fingerprint density at radius 3 is 2.29 bits per heavy atom. The van der Waals surface area contributed by atoms with Crippen molar-refractivity contribution >= 4 is 23.9 Å². The van der Waals surface area contributed by atoms with Gasteiger partial charge in [0.15, 0.2) is 0 Å². The summed E-state index contributed by atoms with van der Waals surface area (Å²) >= 11 is 0. The van der Waals surface area contributed by atoms with E-state index in [9.17, 15) is 14.4 Å². The van der Waals surface area contributed by atoms with Crippen molar-refractivity contribution in [2.75, 3.05) is 27.4 Å². The minimum absolute atomic E-state index is 0.00555. The van der Waals surface area contributed by atoms with Crippen LogP contribution in [0, 0.1) is 0 Å². The predicted molar refractivity (Wildman–Crippen MR) is 101 cm³/mol. The van der Waals surface area contributed by atoms with E-state index in [0.717, 1.165) is 4.90 Å². The number of rotatable bonds is 7. The molecule has 1 heterocycles. The van der Waals surface area contributed by atoms with Gasteiger partial charge in [0.2, 0.25) is 0 Å². The van der Waals surface area contributed by atoms with Crippen LogP contribution in [0.25, 0.3) is 6.08 Å². The molecule has 28 heavy (non-hydrogen) atoms. The molecule has 0 aromatic heterocycles. The van der Waals surface area contributed by atoms with Crippen LogP contribution >= 0.6 is 0 Å². The molecule has 0 bridgehead atoms. The van der Waals surface area contributed by atoms with Crippen molar-refractivity contribution < 1.29 is 28.6 Å². The Labute approximate surface area is 162 Å². The summed E-state index contributed by atoms with van der Waals surface area (Å²) in [5.74, 6) is -0.154. The Balaban J connectivity index is 1.57. The van der Waals surface area contributed by atoms with Gasteiger partial charge in [0, 0.05) is 11.6 Å². The predicted octanol–water partition coefficient (Wildman–Crippen LogP) is 2.56. The molecule has 1 aliphatic heterocycles. The third kappa shape index (κ3) is 3.88. The Bertz CT molecular complexity index is 915. The smallest absolute Gasteiger partial charge is 0.330 e. The first-order valence-electron chi connectivity index (χ1n) is 8.57. The van der Waals surface area contributed by atoms with Gasteiger partial charge < -0.3 is 14.2 Å². The summed E-state index contributed by atoms with van der Waals surface area (Å²) in [6.07, 6.45) is 2.80. The first kappa shape index (κ1) is 19.2. The second-order valence-electron chi connectivity index (χ2n) is 5.92. The summed E-state index contributed by atoms with van der Waals surface area (Å²) in [4.78, 5) is 37.5. The molecular weight excluding hydrogens is 362 g/mol. The van der Waals surface area contributed by atoms with E-state index in [1.807, 2.05) is 0 Å². The molecule has 144 valence electrons. The molecule has 3 rings (SSSR count). The van der Waals surface area contributed by atoms with Crippen molar-refractivity contribution in [1.82, 2.24) is 4.90 Å². The summed E-state index contributed by atoms with van der Waals surface area (Å²) in [6.45, 7) is -0.0989. The first-order valence-corrected chi connectivity index (χ1v) is 8.57. The average molecular weight is 381 g/mol. The number of hydrogen-bond donors (Lipinski definition) is 0. The molecule has 0 saturated carbocycles. The minimum Gasteiger partial charge on any atom is -0.497 e. The number of carbonyl (C=O) groups excluding carboxylic acids is 3. The van der Waals surface area contributed by atoms with Gasteiger partial charge in [-0.25, -0.2) is 4.79 Å². The monoisotopic (exact) mass is 381 g/mol. The number of ether oxygens (including phenoxy) is 3. The SMILES string of the molecule is COc1ccc(OC)c(/C=C/C(=O)OCCN2C(=O)c3ccccc3C2=O)c1. The number of methoxy groups -OCH3 is 2. The molecule has 0 fully saturated rings. The molecule has 0 saturated heterocycles. The zero-order chi connectivity index (χ0) is 20.1. The third-order valence-corrected chi connectivity index (χ3v) is 4.27. The first-order chi connectivity index (χ1) is 13.5. The van der Waals surface area contributed by atoms with Crippen molar-refractivity contribution in [2.24, 2.45) is 0 Å². The van der Waals surface area contributed by atoms with Crippen molar-refractivity contribution in [3.05, 3.63) is 65.2 Å². The van der Waals surface area contributed by atoms with Gasteiger partial charge in [-0.3, -0.25) is 14.5 Å². The molecule has 0 unspecified atom stereocenters. The van der Waals surface area contributed by atoms with Crippen molar-refractivity contribution in [3.8, 4) is 11.5 Å². The summed E-state index contributed by atoms with van der Waals surface area (Å²) in [6, 6.07) is 11.8. The Morgan fingerprint density at radius 2 is 1.68 bits per heavy atom. The second kappa shape index (κ2) is 8.39. The van der Waals surface area contributed by atoms with Gasteiger partial charge in [-0.1, -0.05) is 12.1 Å². The Morgan fingerprint density at radius 1 is 1.00 bits per heavy atom. The number of hydrogen-bond acceptors (Lipinski definition) is 6. The fourth-order valence-electron chi connectivity index (χ4n) is 2.86. The summed E-state index contributed by atoms with van der Waals surface area (Å²) in [5.41, 5.74) is 1.38. The van der Waals surface area contributed by atoms with E-state index in [1.54, 1.807) is 55.7 Å². The third-order valence-electron chi connectivity index (χ3n) is 4.27. The Hall–Kier alpha value is -3.61. The summed E-state index contributed by atoms with van der Waals surface area (Å²) in [5, 5.41) is 0. The topological polar surface area (TPSA) is 82.1 Å². The van der Waals surface area contributed by atoms with E-state index < -0.39 is 5.97 Å². The van der Waals surface area contributed by atoms with E-state index >= 15 is 0 Å². The van der Waals surface area contributed by atoms with Crippen LogP contribution in [0.5, 0.6) is 11.5 Å². The molecule has 0 spiro atoms. The molecule has 0 radical (unpaired) electrons. The summed E-state index contributed by atoms with van der Waals surface area (Å²) in [7, 11) is 3.07. The quantitative estimate of drug-likeness (QED) is 0.416. The van der Waals surface area contributed by atoms with Crippen LogP contribution in [0.15, 0.2) is 48.5 Å². The van der Waals surface area contributed by atoms with Crippen LogP contribution in [-0.4, -0.2) is 50.1 Å². The minimum atomic E-state index is -0.596. The lowest BCUT2D eigenvalue weighted by atomic mass is 10.1. The van der Waals surface area contributed by atoms with Crippen LogP contribution in [0.3, 0.4) is 0 Å². The van der Waals surface area contributed by atoms with Crippen LogP contribution in [0.2, 0.25) is 0 Å². The highest BCUT2D eigenvalue weighted by molar-refractivity contribution is 6.21. The van der Waals surface area contributed by atoms with Crippen LogP contribution in [0.4, 0.5) is 0 Å². The van der Waals surface area contributed by atoms with Crippen LogP contribution in [-0.2, 0) is 9.53 Å². The lowest BCUT2D eigenvalue weighted by Crippen LogP contribution is -2.33. The maximum Gasteiger partial charge on any atom is 0.330 e. The second-order valence-corrected chi connectivity index (χ2v) is 5.92. The van der Waals surface area contributed by atoms with Gasteiger partial charge in [-0.15, -0.1) is 0 Å². The number of imide groups is 1. The molecule has 2 aromatic carbocycles. The molecule has 0 atom stereocenters. The number of benzene rings is 2. The van der Waals surface area contributed by atoms with Gasteiger partial charge in [0.1, 0.15) is 18.1 Å². The van der Waals surface area contributed by atoms with Crippen molar-refractivity contribution in [2.45, 2.75) is 0 Å². The van der Waals surface area contributed by atoms with Gasteiger partial charge in [0.05, 0.1) is 31.9 Å². The molecule has 0 aliphatic carbocycles. The van der Waals surface area contributed by atoms with Crippen LogP contribution < -0.4 is 9.47 Å². The highest BCUT2D eigenvalue weighted by Gasteiger charge is 2.34. The molecule has 2 aromatic rings. The van der Waals surface area contributed by atoms with E-state index in [4.69, 9.17) is 14.2 Å². The van der Waals surface area contributed by atoms with Crippen molar-refractivity contribution in [3.63, 3.8) is 0 Å². The number of carbonyl (C=O) groups is 3. The van der Waals surface area contributed by atoms with Crippen LogP contribution in [0.1, 0.15) is 26.3 Å². The Kier molecular flexibility index (Phi) is 5.74. The molecule has 7 heteroatoms. The summed E-state index contributed by atoms with van der Waals surface area (Å²) < 4.78 is 15.5. The average Bonchev–Trinajstić information content (AvgIpc) is 2.97. The lowest BCUT2D eigenvalue weighted by Gasteiger charge is -2.13. The van der Waals surface area contributed by atoms with Gasteiger partial charge in [0.25, 0.3) is 11.8 Å². The fraction of sp³-hybridized carbons (Fsp3) is 0.190. The van der Waals surface area contributed by atoms with Gasteiger partial charge in [-0.2, -0.15) is 0 Å². The van der Waals surface area contributed by atoms with E-state index in [0.29, 0.717) is 28.2 Å². The highest BCUT2D eigenvalue weighted by atomic mass is 16.5. The van der Waals surface area contributed by atoms with E-state index in [2.05, 4.69) is 0 Å². The maximum absolute atomic E-state index is 12.2. The van der Waals surface area contributed by atoms with E-state index in [1.165, 1.54) is 13.2 Å². The van der Waals surface area contributed by atoms with E-state index in [-0.39, 0.29) is 25.0 Å². The number of esters is 1. The molecule has 7 nitrogen and oxygen atoms in total. The molecule has 2 amide bonds. The molecular formula is C21H19NO6. The van der Waals surface area contributed by atoms with Gasteiger partial charge >= 0.3 is 5.97 Å².